The Morgan fingerprint density at radius 1 is 1.06 bits per heavy atom. The fourth-order valence-electron chi connectivity index (χ4n) is 2.96. The van der Waals surface area contributed by atoms with E-state index < -0.39 is 17.6 Å². The Morgan fingerprint density at radius 3 is 2.29 bits per heavy atom. The van der Waals surface area contributed by atoms with Gasteiger partial charge in [-0.15, -0.1) is 0 Å². The molecule has 0 bridgehead atoms. The minimum absolute atomic E-state index is 0.0250. The summed E-state index contributed by atoms with van der Waals surface area (Å²) in [6, 6.07) is 10.5. The number of halogens is 2. The first-order valence-corrected chi connectivity index (χ1v) is 9.84. The number of aromatic nitrogens is 2. The molecule has 0 unspecified atom stereocenters. The second kappa shape index (κ2) is 9.51. The van der Waals surface area contributed by atoms with Gasteiger partial charge in [-0.2, -0.15) is 0 Å². The van der Waals surface area contributed by atoms with Crippen molar-refractivity contribution in [3.63, 3.8) is 0 Å². The molecule has 0 aliphatic rings. The van der Waals surface area contributed by atoms with Crippen molar-refractivity contribution in [3.8, 4) is 17.1 Å². The number of carbonyl (C=O) groups excluding carboxylic acids is 1. The Bertz CT molecular complexity index is 1070. The summed E-state index contributed by atoms with van der Waals surface area (Å²) < 4.78 is 39.4. The zero-order valence-electron chi connectivity index (χ0n) is 17.7. The van der Waals surface area contributed by atoms with Gasteiger partial charge in [-0.05, 0) is 64.1 Å². The number of aryl methyl sites for hydroxylation is 1. The lowest BCUT2D eigenvalue weighted by Crippen LogP contribution is -2.14. The summed E-state index contributed by atoms with van der Waals surface area (Å²) in [6.07, 6.45) is 0.0250. The van der Waals surface area contributed by atoms with Crippen LogP contribution in [-0.2, 0) is 4.74 Å². The van der Waals surface area contributed by atoms with Crippen molar-refractivity contribution in [2.45, 2.75) is 33.8 Å². The Morgan fingerprint density at radius 2 is 1.71 bits per heavy atom. The molecule has 1 aromatic heterocycles. The maximum absolute atomic E-state index is 14.3. The molecule has 8 heteroatoms. The summed E-state index contributed by atoms with van der Waals surface area (Å²) in [7, 11) is 0. The van der Waals surface area contributed by atoms with Gasteiger partial charge < -0.3 is 14.8 Å². The molecular formula is C23H23F2N3O3. The molecule has 0 radical (unpaired) electrons. The van der Waals surface area contributed by atoms with Crippen LogP contribution in [0.15, 0.2) is 42.5 Å². The summed E-state index contributed by atoms with van der Waals surface area (Å²) in [5.41, 5.74) is 0.544. The first-order chi connectivity index (χ1) is 14.8. The average Bonchev–Trinajstić information content (AvgIpc) is 2.69. The van der Waals surface area contributed by atoms with Gasteiger partial charge in [-0.3, -0.25) is 0 Å². The van der Waals surface area contributed by atoms with E-state index in [0.29, 0.717) is 11.4 Å². The highest BCUT2D eigenvalue weighted by Gasteiger charge is 2.23. The standard InChI is InChI=1S/C23H23F2N3O3/c1-5-30-23(29)19-14(4)26-22(20-17(24)7-6-8-18(20)25)28-21(19)27-15-9-11-16(12-10-15)31-13(2)3/h6-13H,5H2,1-4H3,(H,26,27,28). The third kappa shape index (κ3) is 5.14. The van der Waals surface area contributed by atoms with Crippen LogP contribution in [-0.4, -0.2) is 28.6 Å². The van der Waals surface area contributed by atoms with E-state index >= 15 is 0 Å². The second-order valence-electron chi connectivity index (χ2n) is 6.99. The molecule has 0 spiro atoms. The fourth-order valence-corrected chi connectivity index (χ4v) is 2.96. The van der Waals surface area contributed by atoms with E-state index in [0.717, 1.165) is 12.1 Å². The average molecular weight is 427 g/mol. The molecule has 1 N–H and O–H groups in total. The number of hydrogen-bond donors (Lipinski definition) is 1. The molecule has 6 nitrogen and oxygen atoms in total. The van der Waals surface area contributed by atoms with Gasteiger partial charge in [-0.1, -0.05) is 6.07 Å². The van der Waals surface area contributed by atoms with Crippen LogP contribution in [0.4, 0.5) is 20.3 Å². The zero-order chi connectivity index (χ0) is 22.5. The number of anilines is 2. The van der Waals surface area contributed by atoms with Crippen LogP contribution in [0.2, 0.25) is 0 Å². The zero-order valence-corrected chi connectivity index (χ0v) is 17.7. The Balaban J connectivity index is 2.07. The van der Waals surface area contributed by atoms with Crippen LogP contribution < -0.4 is 10.1 Å². The van der Waals surface area contributed by atoms with Gasteiger partial charge in [0.2, 0.25) is 0 Å². The van der Waals surface area contributed by atoms with Crippen molar-refractivity contribution in [1.29, 1.82) is 0 Å². The molecule has 3 aromatic rings. The van der Waals surface area contributed by atoms with Crippen molar-refractivity contribution in [2.24, 2.45) is 0 Å². The molecule has 162 valence electrons. The summed E-state index contributed by atoms with van der Waals surface area (Å²) >= 11 is 0. The van der Waals surface area contributed by atoms with Crippen LogP contribution in [0.5, 0.6) is 5.75 Å². The minimum Gasteiger partial charge on any atom is -0.491 e. The van der Waals surface area contributed by atoms with Crippen LogP contribution in [0.3, 0.4) is 0 Å². The van der Waals surface area contributed by atoms with E-state index in [1.165, 1.54) is 6.07 Å². The van der Waals surface area contributed by atoms with Crippen LogP contribution in [0.25, 0.3) is 11.4 Å². The molecule has 0 saturated carbocycles. The highest BCUT2D eigenvalue weighted by molar-refractivity contribution is 5.97. The third-order valence-electron chi connectivity index (χ3n) is 4.24. The quantitative estimate of drug-likeness (QED) is 0.507. The van der Waals surface area contributed by atoms with Crippen molar-refractivity contribution >= 4 is 17.5 Å². The highest BCUT2D eigenvalue weighted by atomic mass is 19.1. The van der Waals surface area contributed by atoms with Crippen LogP contribution in [0.1, 0.15) is 36.8 Å². The molecule has 3 rings (SSSR count). The van der Waals surface area contributed by atoms with E-state index in [4.69, 9.17) is 9.47 Å². The van der Waals surface area contributed by atoms with Crippen LogP contribution in [0, 0.1) is 18.6 Å². The van der Waals surface area contributed by atoms with Gasteiger partial charge >= 0.3 is 5.97 Å². The van der Waals surface area contributed by atoms with Gasteiger partial charge in [0.15, 0.2) is 5.82 Å². The van der Waals surface area contributed by atoms with Crippen molar-refractivity contribution in [2.75, 3.05) is 11.9 Å². The van der Waals surface area contributed by atoms with Crippen molar-refractivity contribution in [3.05, 3.63) is 65.4 Å². The molecule has 0 atom stereocenters. The smallest absolute Gasteiger partial charge is 0.343 e. The monoisotopic (exact) mass is 427 g/mol. The molecule has 1 heterocycles. The van der Waals surface area contributed by atoms with E-state index in [1.54, 1.807) is 38.1 Å². The number of benzene rings is 2. The van der Waals surface area contributed by atoms with E-state index in [9.17, 15) is 13.6 Å². The fraction of sp³-hybridized carbons (Fsp3) is 0.261. The lowest BCUT2D eigenvalue weighted by molar-refractivity contribution is 0.0526. The Labute approximate surface area is 179 Å². The number of nitrogens with one attached hydrogen (secondary N) is 1. The number of carbonyl (C=O) groups is 1. The maximum Gasteiger partial charge on any atom is 0.343 e. The van der Waals surface area contributed by atoms with E-state index in [2.05, 4.69) is 15.3 Å². The predicted octanol–water partition coefficient (Wildman–Crippen LogP) is 5.44. The lowest BCUT2D eigenvalue weighted by Gasteiger charge is -2.15. The Hall–Kier alpha value is -3.55. The number of nitrogens with zero attached hydrogens (tertiary/aromatic N) is 2. The van der Waals surface area contributed by atoms with Gasteiger partial charge in [0.25, 0.3) is 0 Å². The maximum atomic E-state index is 14.3. The highest BCUT2D eigenvalue weighted by Crippen LogP contribution is 2.29. The van der Waals surface area contributed by atoms with Crippen LogP contribution >= 0.6 is 0 Å². The molecule has 0 aliphatic carbocycles. The number of hydrogen-bond acceptors (Lipinski definition) is 6. The number of esters is 1. The SMILES string of the molecule is CCOC(=O)c1c(C)nc(-c2c(F)cccc2F)nc1Nc1ccc(OC(C)C)cc1. The first kappa shape index (κ1) is 22.1. The molecular weight excluding hydrogens is 404 g/mol. The number of rotatable bonds is 7. The van der Waals surface area contributed by atoms with Gasteiger partial charge in [0, 0.05) is 5.69 Å². The molecule has 31 heavy (non-hydrogen) atoms. The summed E-state index contributed by atoms with van der Waals surface area (Å²) in [4.78, 5) is 20.9. The largest absolute Gasteiger partial charge is 0.491 e. The minimum atomic E-state index is -0.801. The summed E-state index contributed by atoms with van der Waals surface area (Å²) in [6.45, 7) is 7.23. The topological polar surface area (TPSA) is 73.3 Å². The molecule has 0 fully saturated rings. The lowest BCUT2D eigenvalue weighted by atomic mass is 10.1. The first-order valence-electron chi connectivity index (χ1n) is 9.84. The second-order valence-corrected chi connectivity index (χ2v) is 6.99. The van der Waals surface area contributed by atoms with Gasteiger partial charge in [0.05, 0.1) is 24.0 Å². The molecule has 0 aliphatic heterocycles. The Kier molecular flexibility index (Phi) is 6.79. The summed E-state index contributed by atoms with van der Waals surface area (Å²) in [5.74, 6) is -1.65. The van der Waals surface area contributed by atoms with Crippen molar-refractivity contribution < 1.29 is 23.0 Å². The third-order valence-corrected chi connectivity index (χ3v) is 4.24. The van der Waals surface area contributed by atoms with Gasteiger partial charge in [0.1, 0.15) is 28.8 Å². The van der Waals surface area contributed by atoms with E-state index in [-0.39, 0.29) is 41.2 Å². The molecule has 0 amide bonds. The molecule has 2 aromatic carbocycles. The summed E-state index contributed by atoms with van der Waals surface area (Å²) in [5, 5.41) is 3.03. The number of ether oxygens (including phenoxy) is 2. The normalized spacial score (nSPS) is 10.8. The molecule has 0 saturated heterocycles. The van der Waals surface area contributed by atoms with E-state index in [1.807, 2.05) is 13.8 Å². The van der Waals surface area contributed by atoms with Crippen molar-refractivity contribution in [1.82, 2.24) is 9.97 Å². The predicted molar refractivity (Wildman–Crippen MR) is 114 cm³/mol. The van der Waals surface area contributed by atoms with Gasteiger partial charge in [-0.25, -0.2) is 23.5 Å².